The molecule has 0 aromatic carbocycles. The number of nitrogens with zero attached hydrogens (tertiary/aromatic N) is 1. The van der Waals surface area contributed by atoms with Crippen LogP contribution in [0, 0.1) is 5.92 Å². The minimum atomic E-state index is -2.17. The third-order valence-electron chi connectivity index (χ3n) is 9.20. The summed E-state index contributed by atoms with van der Waals surface area (Å²) in [7, 11) is -4.26. The molecule has 0 aromatic rings. The standard InChI is InChI=1S/C31H62N2O5S2Si2/c1-21(2)24(32-28(35)36-29(3,4)5)26(34)33-20-22(37-41(12,13)30(6,7)8)19-23(33)25(27-39-17-16-18-40-27)38-42(14,15)31(9,10)11/h21-25,27H,16-20H2,1-15H3,(H,32,35)/t22-,23+,24+,25+/m1/s1. The highest BCUT2D eigenvalue weighted by Crippen LogP contribution is 2.45. The first-order valence-corrected chi connectivity index (χ1v) is 23.7. The second-order valence-electron chi connectivity index (χ2n) is 16.5. The van der Waals surface area contributed by atoms with E-state index in [1.54, 1.807) is 0 Å². The first-order chi connectivity index (χ1) is 18.9. The minimum Gasteiger partial charge on any atom is -0.444 e. The molecule has 2 fully saturated rings. The number of hydrogen-bond donors (Lipinski definition) is 1. The Hall–Kier alpha value is -0.206. The normalized spacial score (nSPS) is 23.2. The van der Waals surface area contributed by atoms with Gasteiger partial charge in [0.25, 0.3) is 0 Å². The maximum atomic E-state index is 14.5. The average Bonchev–Trinajstić information content (AvgIpc) is 3.21. The molecule has 0 spiro atoms. The Kier molecular flexibility index (Phi) is 12.7. The molecule has 2 rings (SSSR count). The molecule has 2 aliphatic heterocycles. The van der Waals surface area contributed by atoms with Crippen LogP contribution in [0.2, 0.25) is 36.3 Å². The van der Waals surface area contributed by atoms with Gasteiger partial charge in [-0.1, -0.05) is 55.4 Å². The highest BCUT2D eigenvalue weighted by Gasteiger charge is 2.51. The molecule has 0 saturated carbocycles. The molecular formula is C31H62N2O5S2Si2. The van der Waals surface area contributed by atoms with Crippen LogP contribution < -0.4 is 5.32 Å². The number of likely N-dealkylation sites (tertiary alicyclic amines) is 1. The van der Waals surface area contributed by atoms with Crippen molar-refractivity contribution in [3.05, 3.63) is 0 Å². The van der Waals surface area contributed by atoms with E-state index in [1.807, 2.05) is 63.0 Å². The molecule has 42 heavy (non-hydrogen) atoms. The van der Waals surface area contributed by atoms with Gasteiger partial charge < -0.3 is 23.8 Å². The molecule has 0 aliphatic carbocycles. The number of carbonyl (C=O) groups excluding carboxylic acids is 2. The van der Waals surface area contributed by atoms with E-state index in [0.717, 1.165) is 17.9 Å². The van der Waals surface area contributed by atoms with Gasteiger partial charge in [0, 0.05) is 6.54 Å². The van der Waals surface area contributed by atoms with E-state index in [4.69, 9.17) is 13.6 Å². The Morgan fingerprint density at radius 2 is 1.40 bits per heavy atom. The van der Waals surface area contributed by atoms with E-state index in [0.29, 0.717) is 6.54 Å². The monoisotopic (exact) mass is 662 g/mol. The zero-order valence-electron chi connectivity index (χ0n) is 29.3. The van der Waals surface area contributed by atoms with Gasteiger partial charge in [-0.05, 0) is 87.3 Å². The predicted molar refractivity (Wildman–Crippen MR) is 186 cm³/mol. The SMILES string of the molecule is CC(C)[C@H](NC(=O)OC(C)(C)C)C(=O)N1C[C@H](O[Si](C)(C)C(C)(C)C)C[C@H]1[C@H](O[Si](C)(C)C(C)(C)C)C1SCCCS1. The quantitative estimate of drug-likeness (QED) is 0.250. The fraction of sp³-hybridized carbons (Fsp3) is 0.935. The first kappa shape index (κ1) is 38.0. The summed E-state index contributed by atoms with van der Waals surface area (Å²) in [5.74, 6) is 2.03. The Balaban J connectivity index is 2.53. The van der Waals surface area contributed by atoms with Gasteiger partial charge in [-0.2, -0.15) is 0 Å². The molecular weight excluding hydrogens is 601 g/mol. The maximum Gasteiger partial charge on any atom is 0.408 e. The summed E-state index contributed by atoms with van der Waals surface area (Å²) in [6.45, 7) is 32.7. The number of nitrogens with one attached hydrogen (secondary N) is 1. The summed E-state index contributed by atoms with van der Waals surface area (Å²) < 4.78 is 20.1. The fourth-order valence-corrected chi connectivity index (χ4v) is 10.7. The molecule has 7 nitrogen and oxygen atoms in total. The maximum absolute atomic E-state index is 14.5. The van der Waals surface area contributed by atoms with Crippen molar-refractivity contribution in [2.75, 3.05) is 18.1 Å². The van der Waals surface area contributed by atoms with E-state index in [-0.39, 0.29) is 44.7 Å². The molecule has 0 unspecified atom stereocenters. The predicted octanol–water partition coefficient (Wildman–Crippen LogP) is 8.11. The van der Waals surface area contributed by atoms with Crippen molar-refractivity contribution in [1.82, 2.24) is 10.2 Å². The van der Waals surface area contributed by atoms with E-state index < -0.39 is 34.4 Å². The highest BCUT2D eigenvalue weighted by atomic mass is 32.2. The summed E-state index contributed by atoms with van der Waals surface area (Å²) in [5.41, 5.74) is -0.648. The van der Waals surface area contributed by atoms with Gasteiger partial charge in [0.05, 0.1) is 22.8 Å². The van der Waals surface area contributed by atoms with Gasteiger partial charge in [-0.3, -0.25) is 4.79 Å². The topological polar surface area (TPSA) is 77.1 Å². The van der Waals surface area contributed by atoms with Gasteiger partial charge in [0.1, 0.15) is 11.6 Å². The third kappa shape index (κ3) is 10.2. The molecule has 0 bridgehead atoms. The molecule has 2 amide bonds. The number of carbonyl (C=O) groups is 2. The molecule has 4 atom stereocenters. The smallest absolute Gasteiger partial charge is 0.408 e. The van der Waals surface area contributed by atoms with Crippen molar-refractivity contribution in [1.29, 1.82) is 0 Å². The number of thioether (sulfide) groups is 2. The van der Waals surface area contributed by atoms with E-state index in [2.05, 4.69) is 73.0 Å². The van der Waals surface area contributed by atoms with E-state index in [9.17, 15) is 9.59 Å². The van der Waals surface area contributed by atoms with Crippen molar-refractivity contribution >= 4 is 52.2 Å². The Morgan fingerprint density at radius 3 is 1.86 bits per heavy atom. The van der Waals surface area contributed by atoms with E-state index in [1.165, 1.54) is 6.42 Å². The Morgan fingerprint density at radius 1 is 0.881 bits per heavy atom. The van der Waals surface area contributed by atoms with Gasteiger partial charge >= 0.3 is 6.09 Å². The number of ether oxygens (including phenoxy) is 1. The minimum absolute atomic E-state index is 0.0402. The molecule has 0 radical (unpaired) electrons. The number of rotatable bonds is 9. The zero-order chi connectivity index (χ0) is 32.5. The lowest BCUT2D eigenvalue weighted by molar-refractivity contribution is -0.137. The summed E-state index contributed by atoms with van der Waals surface area (Å²) in [6.07, 6.45) is 1.18. The first-order valence-electron chi connectivity index (χ1n) is 15.7. The average molecular weight is 663 g/mol. The van der Waals surface area contributed by atoms with Crippen LogP contribution in [0.3, 0.4) is 0 Å². The van der Waals surface area contributed by atoms with Crippen molar-refractivity contribution in [3.63, 3.8) is 0 Å². The van der Waals surface area contributed by atoms with Gasteiger partial charge in [0.15, 0.2) is 16.6 Å². The summed E-state index contributed by atoms with van der Waals surface area (Å²) in [4.78, 5) is 29.4. The van der Waals surface area contributed by atoms with Gasteiger partial charge in [-0.15, -0.1) is 23.5 Å². The van der Waals surface area contributed by atoms with Crippen LogP contribution in [-0.4, -0.2) is 86.1 Å². The molecule has 11 heteroatoms. The lowest BCUT2D eigenvalue weighted by atomic mass is 10.0. The highest BCUT2D eigenvalue weighted by molar-refractivity contribution is 8.17. The lowest BCUT2D eigenvalue weighted by Crippen LogP contribution is -2.58. The number of hydrogen-bond acceptors (Lipinski definition) is 7. The van der Waals surface area contributed by atoms with Crippen molar-refractivity contribution < 1.29 is 23.2 Å². The molecule has 2 saturated heterocycles. The second-order valence-corrected chi connectivity index (χ2v) is 28.8. The third-order valence-corrected chi connectivity index (χ3v) is 21.3. The molecule has 1 N–H and O–H groups in total. The largest absolute Gasteiger partial charge is 0.444 e. The molecule has 246 valence electrons. The summed E-state index contributed by atoms with van der Waals surface area (Å²) in [5, 5.41) is 3.02. The number of amides is 2. The fourth-order valence-electron chi connectivity index (χ4n) is 4.72. The van der Waals surface area contributed by atoms with Gasteiger partial charge in [0.2, 0.25) is 5.91 Å². The zero-order valence-corrected chi connectivity index (χ0v) is 32.9. The number of alkyl carbamates (subject to hydrolysis) is 1. The van der Waals surface area contributed by atoms with Crippen LogP contribution in [-0.2, 0) is 18.4 Å². The summed E-state index contributed by atoms with van der Waals surface area (Å²) in [6, 6.07) is -0.833. The van der Waals surface area contributed by atoms with Gasteiger partial charge in [-0.25, -0.2) is 4.79 Å². The van der Waals surface area contributed by atoms with Crippen molar-refractivity contribution in [2.45, 2.75) is 160 Å². The van der Waals surface area contributed by atoms with E-state index >= 15 is 0 Å². The van der Waals surface area contributed by atoms with Crippen molar-refractivity contribution in [3.8, 4) is 0 Å². The molecule has 0 aromatic heterocycles. The van der Waals surface area contributed by atoms with Crippen LogP contribution in [0.5, 0.6) is 0 Å². The Bertz CT molecular complexity index is 922. The van der Waals surface area contributed by atoms with Crippen LogP contribution in [0.4, 0.5) is 4.79 Å². The molecule has 2 aliphatic rings. The van der Waals surface area contributed by atoms with Crippen LogP contribution >= 0.6 is 23.5 Å². The van der Waals surface area contributed by atoms with Crippen LogP contribution in [0.1, 0.15) is 89.0 Å². The molecule has 2 heterocycles. The Labute approximate surface area is 268 Å². The van der Waals surface area contributed by atoms with Crippen molar-refractivity contribution in [2.24, 2.45) is 5.92 Å². The van der Waals surface area contributed by atoms with Crippen LogP contribution in [0.15, 0.2) is 0 Å². The van der Waals surface area contributed by atoms with Crippen LogP contribution in [0.25, 0.3) is 0 Å². The lowest BCUT2D eigenvalue weighted by Gasteiger charge is -2.45. The summed E-state index contributed by atoms with van der Waals surface area (Å²) >= 11 is 3.95. The second kappa shape index (κ2) is 14.1.